The molecule has 0 aliphatic rings. The molecule has 6 nitrogen and oxygen atoms in total. The second kappa shape index (κ2) is 8.95. The third-order valence-electron chi connectivity index (χ3n) is 3.55. The molecule has 1 aromatic heterocycles. The number of nitrogens with zero attached hydrogens (tertiary/aromatic N) is 1. The van der Waals surface area contributed by atoms with Crippen LogP contribution in [0.5, 0.6) is 5.75 Å². The van der Waals surface area contributed by atoms with Crippen LogP contribution >= 0.6 is 11.3 Å². The Balaban J connectivity index is 1.47. The molecule has 3 aromatic rings. The maximum absolute atomic E-state index is 12.0. The smallest absolute Gasteiger partial charge is 0.347 e. The van der Waals surface area contributed by atoms with Gasteiger partial charge in [0, 0.05) is 10.9 Å². The average molecular weight is 382 g/mol. The summed E-state index contributed by atoms with van der Waals surface area (Å²) in [6.45, 7) is 1.17. The van der Waals surface area contributed by atoms with Gasteiger partial charge in [-0.15, -0.1) is 11.3 Å². The summed E-state index contributed by atoms with van der Waals surface area (Å²) in [6.07, 6.45) is -0.815. The number of ether oxygens (including phenoxy) is 2. The predicted molar refractivity (Wildman–Crippen MR) is 104 cm³/mol. The lowest BCUT2D eigenvalue weighted by molar-refractivity contribution is -0.153. The van der Waals surface area contributed by atoms with Crippen LogP contribution in [-0.2, 0) is 14.3 Å². The number of para-hydroxylation sites is 1. The highest BCUT2D eigenvalue weighted by molar-refractivity contribution is 7.14. The van der Waals surface area contributed by atoms with Crippen molar-refractivity contribution in [1.29, 1.82) is 0 Å². The Morgan fingerprint density at radius 2 is 1.74 bits per heavy atom. The first kappa shape index (κ1) is 18.6. The maximum atomic E-state index is 12.0. The summed E-state index contributed by atoms with van der Waals surface area (Å²) >= 11 is 1.31. The number of rotatable bonds is 7. The van der Waals surface area contributed by atoms with E-state index < -0.39 is 24.6 Å². The van der Waals surface area contributed by atoms with Gasteiger partial charge in [0.05, 0.1) is 5.69 Å². The van der Waals surface area contributed by atoms with E-state index in [0.29, 0.717) is 10.9 Å². The molecule has 0 bridgehead atoms. The monoisotopic (exact) mass is 382 g/mol. The molecule has 1 heterocycles. The van der Waals surface area contributed by atoms with Crippen molar-refractivity contribution in [3.05, 3.63) is 66.0 Å². The van der Waals surface area contributed by atoms with E-state index in [1.165, 1.54) is 11.3 Å². The molecule has 0 saturated carbocycles. The van der Waals surface area contributed by atoms with Crippen molar-refractivity contribution in [1.82, 2.24) is 4.98 Å². The number of carbonyl (C=O) groups is 2. The standard InChI is InChI=1S/C20H18N2O4S/c1-14(26-16-10-6-3-7-11-16)19(24)25-12-18(23)22-20-21-17(13-27-20)15-8-4-2-5-9-15/h2-11,13-14H,12H2,1H3,(H,21,22,23). The minimum atomic E-state index is -0.815. The van der Waals surface area contributed by atoms with Crippen LogP contribution in [0, 0.1) is 0 Å². The second-order valence-electron chi connectivity index (χ2n) is 5.63. The molecule has 0 fully saturated rings. The first-order valence-corrected chi connectivity index (χ1v) is 9.19. The molecule has 0 saturated heterocycles. The SMILES string of the molecule is CC(Oc1ccccc1)C(=O)OCC(=O)Nc1nc(-c2ccccc2)cs1. The van der Waals surface area contributed by atoms with E-state index >= 15 is 0 Å². The van der Waals surface area contributed by atoms with Gasteiger partial charge in [-0.05, 0) is 19.1 Å². The van der Waals surface area contributed by atoms with Crippen molar-refractivity contribution in [2.75, 3.05) is 11.9 Å². The molecule has 1 N–H and O–H groups in total. The average Bonchev–Trinajstić information content (AvgIpc) is 3.16. The van der Waals surface area contributed by atoms with Gasteiger partial charge in [-0.25, -0.2) is 9.78 Å². The molecule has 0 spiro atoms. The number of anilines is 1. The molecule has 0 aliphatic heterocycles. The van der Waals surface area contributed by atoms with Gasteiger partial charge < -0.3 is 9.47 Å². The molecule has 1 amide bonds. The van der Waals surface area contributed by atoms with Gasteiger partial charge in [-0.1, -0.05) is 48.5 Å². The number of aromatic nitrogens is 1. The summed E-state index contributed by atoms with van der Waals surface area (Å²) in [5.74, 6) is -0.509. The Hall–Kier alpha value is -3.19. The number of hydrogen-bond donors (Lipinski definition) is 1. The van der Waals surface area contributed by atoms with Crippen LogP contribution in [0.3, 0.4) is 0 Å². The first-order chi connectivity index (χ1) is 13.1. The van der Waals surface area contributed by atoms with Crippen LogP contribution in [0.15, 0.2) is 66.0 Å². The van der Waals surface area contributed by atoms with Crippen molar-refractivity contribution in [2.24, 2.45) is 0 Å². The fourth-order valence-electron chi connectivity index (χ4n) is 2.23. The van der Waals surface area contributed by atoms with Crippen molar-refractivity contribution >= 4 is 28.3 Å². The van der Waals surface area contributed by atoms with Crippen LogP contribution < -0.4 is 10.1 Å². The van der Waals surface area contributed by atoms with Crippen molar-refractivity contribution in [3.63, 3.8) is 0 Å². The summed E-state index contributed by atoms with van der Waals surface area (Å²) in [6, 6.07) is 18.6. The van der Waals surface area contributed by atoms with Crippen molar-refractivity contribution < 1.29 is 19.1 Å². The number of amides is 1. The number of thiazole rings is 1. The third-order valence-corrected chi connectivity index (χ3v) is 4.31. The van der Waals surface area contributed by atoms with Crippen LogP contribution in [0.4, 0.5) is 5.13 Å². The largest absolute Gasteiger partial charge is 0.479 e. The van der Waals surface area contributed by atoms with Gasteiger partial charge in [-0.2, -0.15) is 0 Å². The zero-order valence-corrected chi connectivity index (χ0v) is 15.4. The third kappa shape index (κ3) is 5.39. The number of benzene rings is 2. The molecule has 3 rings (SSSR count). The number of nitrogens with one attached hydrogen (secondary N) is 1. The van der Waals surface area contributed by atoms with E-state index in [1.807, 2.05) is 41.8 Å². The minimum absolute atomic E-state index is 0.401. The van der Waals surface area contributed by atoms with Gasteiger partial charge in [0.1, 0.15) is 5.75 Å². The Kier molecular flexibility index (Phi) is 6.17. The van der Waals surface area contributed by atoms with Crippen LogP contribution in [0.1, 0.15) is 6.92 Å². The lowest BCUT2D eigenvalue weighted by Crippen LogP contribution is -2.29. The van der Waals surface area contributed by atoms with E-state index in [1.54, 1.807) is 31.2 Å². The van der Waals surface area contributed by atoms with Gasteiger partial charge >= 0.3 is 5.97 Å². The topological polar surface area (TPSA) is 77.5 Å². The summed E-state index contributed by atoms with van der Waals surface area (Å²) in [4.78, 5) is 28.3. The van der Waals surface area contributed by atoms with Crippen molar-refractivity contribution in [3.8, 4) is 17.0 Å². The minimum Gasteiger partial charge on any atom is -0.479 e. The lowest BCUT2D eigenvalue weighted by Gasteiger charge is -2.13. The molecule has 1 atom stereocenters. The molecule has 0 aliphatic carbocycles. The zero-order valence-electron chi connectivity index (χ0n) is 14.6. The Morgan fingerprint density at radius 3 is 2.44 bits per heavy atom. The summed E-state index contributed by atoms with van der Waals surface area (Å²) in [5.41, 5.74) is 1.74. The maximum Gasteiger partial charge on any atom is 0.347 e. The molecule has 1 unspecified atom stereocenters. The fourth-order valence-corrected chi connectivity index (χ4v) is 2.97. The second-order valence-corrected chi connectivity index (χ2v) is 6.49. The highest BCUT2D eigenvalue weighted by Gasteiger charge is 2.18. The van der Waals surface area contributed by atoms with Crippen LogP contribution in [-0.4, -0.2) is 29.6 Å². The predicted octanol–water partition coefficient (Wildman–Crippen LogP) is 3.76. The first-order valence-electron chi connectivity index (χ1n) is 8.31. The van der Waals surface area contributed by atoms with Gasteiger partial charge in [0.2, 0.25) is 0 Å². The Morgan fingerprint density at radius 1 is 1.07 bits per heavy atom. The Bertz CT molecular complexity index is 897. The molecular formula is C20H18N2O4S. The van der Waals surface area contributed by atoms with E-state index in [9.17, 15) is 9.59 Å². The molecule has 138 valence electrons. The molecule has 7 heteroatoms. The molecular weight excluding hydrogens is 364 g/mol. The van der Waals surface area contributed by atoms with Gasteiger partial charge in [0.15, 0.2) is 17.8 Å². The van der Waals surface area contributed by atoms with Gasteiger partial charge in [-0.3, -0.25) is 10.1 Å². The highest BCUT2D eigenvalue weighted by Crippen LogP contribution is 2.24. The van der Waals surface area contributed by atoms with E-state index in [0.717, 1.165) is 11.3 Å². The van der Waals surface area contributed by atoms with E-state index in [4.69, 9.17) is 9.47 Å². The van der Waals surface area contributed by atoms with E-state index in [-0.39, 0.29) is 0 Å². The highest BCUT2D eigenvalue weighted by atomic mass is 32.1. The Labute approximate surface area is 160 Å². The zero-order chi connectivity index (χ0) is 19.1. The van der Waals surface area contributed by atoms with Crippen LogP contribution in [0.2, 0.25) is 0 Å². The lowest BCUT2D eigenvalue weighted by atomic mass is 10.2. The molecule has 2 aromatic carbocycles. The quantitative estimate of drug-likeness (QED) is 0.630. The molecule has 0 radical (unpaired) electrons. The summed E-state index contributed by atoms with van der Waals surface area (Å²) < 4.78 is 10.5. The normalized spacial score (nSPS) is 11.4. The van der Waals surface area contributed by atoms with Crippen LogP contribution in [0.25, 0.3) is 11.3 Å². The van der Waals surface area contributed by atoms with Gasteiger partial charge in [0.25, 0.3) is 5.91 Å². The molecule has 27 heavy (non-hydrogen) atoms. The van der Waals surface area contributed by atoms with Crippen molar-refractivity contribution in [2.45, 2.75) is 13.0 Å². The van der Waals surface area contributed by atoms with E-state index in [2.05, 4.69) is 10.3 Å². The summed E-state index contributed by atoms with van der Waals surface area (Å²) in [5, 5.41) is 4.93. The number of carbonyl (C=O) groups excluding carboxylic acids is 2. The summed E-state index contributed by atoms with van der Waals surface area (Å²) in [7, 11) is 0. The number of hydrogen-bond acceptors (Lipinski definition) is 6. The fraction of sp³-hybridized carbons (Fsp3) is 0.150. The number of esters is 1.